The lowest BCUT2D eigenvalue weighted by molar-refractivity contribution is -0.128. The Bertz CT molecular complexity index is 388. The Balaban J connectivity index is 2.69. The van der Waals surface area contributed by atoms with Gasteiger partial charge >= 0.3 is 0 Å². The second-order valence-corrected chi connectivity index (χ2v) is 3.98. The lowest BCUT2D eigenvalue weighted by Crippen LogP contribution is -2.21. The van der Waals surface area contributed by atoms with Gasteiger partial charge < -0.3 is 14.4 Å². The average Bonchev–Trinajstić information content (AvgIpc) is 2.35. The van der Waals surface area contributed by atoms with Gasteiger partial charge in [0.05, 0.1) is 14.2 Å². The van der Waals surface area contributed by atoms with Crippen molar-refractivity contribution in [3.8, 4) is 11.5 Å². The van der Waals surface area contributed by atoms with E-state index in [1.54, 1.807) is 33.2 Å². The van der Waals surface area contributed by atoms with Gasteiger partial charge in [0, 0.05) is 20.5 Å². The number of carbonyl (C=O) groups is 1. The number of aryl methyl sites for hydroxylation is 1. The number of nitrogens with zero attached hydrogens (tertiary/aromatic N) is 1. The number of carbonyl (C=O) groups excluding carboxylic acids is 1. The molecule has 0 aliphatic carbocycles. The predicted octanol–water partition coefficient (Wildman–Crippen LogP) is 1.72. The summed E-state index contributed by atoms with van der Waals surface area (Å²) in [5, 5.41) is 0. The molecule has 0 atom stereocenters. The highest BCUT2D eigenvalue weighted by Gasteiger charge is 2.07. The molecule has 0 saturated carbocycles. The van der Waals surface area contributed by atoms with E-state index in [0.29, 0.717) is 24.3 Å². The highest BCUT2D eigenvalue weighted by atomic mass is 16.5. The fourth-order valence-electron chi connectivity index (χ4n) is 1.51. The maximum absolute atomic E-state index is 11.5. The lowest BCUT2D eigenvalue weighted by Gasteiger charge is -2.11. The third kappa shape index (κ3) is 3.66. The first-order valence-electron chi connectivity index (χ1n) is 5.49. The van der Waals surface area contributed by atoms with Crippen LogP contribution in [0.25, 0.3) is 0 Å². The summed E-state index contributed by atoms with van der Waals surface area (Å²) >= 11 is 0. The quantitative estimate of drug-likeness (QED) is 0.782. The largest absolute Gasteiger partial charge is 0.493 e. The molecule has 1 rings (SSSR count). The first kappa shape index (κ1) is 13.4. The number of hydrogen-bond acceptors (Lipinski definition) is 3. The van der Waals surface area contributed by atoms with Gasteiger partial charge in [-0.15, -0.1) is 0 Å². The van der Waals surface area contributed by atoms with Crippen LogP contribution in [0.3, 0.4) is 0 Å². The summed E-state index contributed by atoms with van der Waals surface area (Å²) in [7, 11) is 6.73. The Labute approximate surface area is 102 Å². The number of benzene rings is 1. The molecule has 1 aromatic rings. The van der Waals surface area contributed by atoms with Gasteiger partial charge in [-0.3, -0.25) is 4.79 Å². The minimum absolute atomic E-state index is 0.125. The van der Waals surface area contributed by atoms with Crippen molar-refractivity contribution >= 4 is 5.91 Å². The van der Waals surface area contributed by atoms with Crippen molar-refractivity contribution in [2.45, 2.75) is 12.8 Å². The fourth-order valence-corrected chi connectivity index (χ4v) is 1.51. The van der Waals surface area contributed by atoms with Gasteiger partial charge in [-0.25, -0.2) is 0 Å². The molecule has 0 fully saturated rings. The van der Waals surface area contributed by atoms with Crippen LogP contribution in [0.2, 0.25) is 0 Å². The summed E-state index contributed by atoms with van der Waals surface area (Å²) in [5.41, 5.74) is 1.07. The van der Waals surface area contributed by atoms with Crippen LogP contribution < -0.4 is 9.47 Å². The molecule has 0 aromatic heterocycles. The molecule has 0 heterocycles. The number of amides is 1. The molecule has 94 valence electrons. The van der Waals surface area contributed by atoms with Gasteiger partial charge in [0.25, 0.3) is 0 Å². The van der Waals surface area contributed by atoms with Gasteiger partial charge in [0.1, 0.15) is 0 Å². The van der Waals surface area contributed by atoms with Crippen molar-refractivity contribution in [3.63, 3.8) is 0 Å². The van der Waals surface area contributed by atoms with Gasteiger partial charge in [0.15, 0.2) is 11.5 Å². The van der Waals surface area contributed by atoms with E-state index in [1.807, 2.05) is 18.2 Å². The van der Waals surface area contributed by atoms with Crippen LogP contribution in [-0.4, -0.2) is 39.1 Å². The molecule has 4 heteroatoms. The van der Waals surface area contributed by atoms with Crippen LogP contribution in [-0.2, 0) is 11.2 Å². The Morgan fingerprint density at radius 2 is 1.82 bits per heavy atom. The normalized spacial score (nSPS) is 9.88. The number of hydrogen-bond donors (Lipinski definition) is 0. The van der Waals surface area contributed by atoms with Gasteiger partial charge in [-0.05, 0) is 24.1 Å². The molecule has 0 spiro atoms. The maximum atomic E-state index is 11.5. The third-order valence-corrected chi connectivity index (χ3v) is 2.57. The third-order valence-electron chi connectivity index (χ3n) is 2.57. The Hall–Kier alpha value is -1.71. The summed E-state index contributed by atoms with van der Waals surface area (Å²) < 4.78 is 10.4. The van der Waals surface area contributed by atoms with Crippen molar-refractivity contribution in [1.29, 1.82) is 0 Å². The highest BCUT2D eigenvalue weighted by Crippen LogP contribution is 2.27. The Morgan fingerprint density at radius 3 is 2.35 bits per heavy atom. The maximum Gasteiger partial charge on any atom is 0.222 e. The molecule has 1 aromatic carbocycles. The van der Waals surface area contributed by atoms with E-state index in [-0.39, 0.29) is 5.91 Å². The van der Waals surface area contributed by atoms with Crippen LogP contribution in [0.15, 0.2) is 18.2 Å². The van der Waals surface area contributed by atoms with E-state index in [1.165, 1.54) is 0 Å². The van der Waals surface area contributed by atoms with Crippen molar-refractivity contribution in [2.24, 2.45) is 0 Å². The molecule has 0 radical (unpaired) electrons. The smallest absolute Gasteiger partial charge is 0.222 e. The predicted molar refractivity (Wildman–Crippen MR) is 66.6 cm³/mol. The van der Waals surface area contributed by atoms with Crippen LogP contribution in [0.5, 0.6) is 11.5 Å². The minimum atomic E-state index is 0.125. The molecular weight excluding hydrogens is 218 g/mol. The number of ether oxygens (including phenoxy) is 2. The number of methoxy groups -OCH3 is 2. The molecule has 0 aliphatic heterocycles. The number of rotatable bonds is 5. The first-order chi connectivity index (χ1) is 8.08. The van der Waals surface area contributed by atoms with E-state index >= 15 is 0 Å². The van der Waals surface area contributed by atoms with E-state index in [4.69, 9.17) is 9.47 Å². The fraction of sp³-hybridized carbons (Fsp3) is 0.462. The van der Waals surface area contributed by atoms with Crippen LogP contribution in [0, 0.1) is 0 Å². The average molecular weight is 237 g/mol. The topological polar surface area (TPSA) is 38.8 Å². The molecule has 0 unspecified atom stereocenters. The molecule has 0 N–H and O–H groups in total. The Kier molecular flexibility index (Phi) is 4.82. The molecule has 17 heavy (non-hydrogen) atoms. The second-order valence-electron chi connectivity index (χ2n) is 3.98. The van der Waals surface area contributed by atoms with Gasteiger partial charge in [-0.1, -0.05) is 6.07 Å². The van der Waals surface area contributed by atoms with Gasteiger partial charge in [0.2, 0.25) is 5.91 Å². The highest BCUT2D eigenvalue weighted by molar-refractivity contribution is 5.75. The second kappa shape index (κ2) is 6.13. The summed E-state index contributed by atoms with van der Waals surface area (Å²) in [4.78, 5) is 13.1. The monoisotopic (exact) mass is 237 g/mol. The SMILES string of the molecule is COc1ccc(CCC(=O)N(C)C)cc1OC. The summed E-state index contributed by atoms with van der Waals surface area (Å²) in [5.74, 6) is 1.53. The lowest BCUT2D eigenvalue weighted by atomic mass is 10.1. The van der Waals surface area contributed by atoms with Crippen molar-refractivity contribution < 1.29 is 14.3 Å². The standard InChI is InChI=1S/C13H19NO3/c1-14(2)13(15)8-6-10-5-7-11(16-3)12(9-10)17-4/h5,7,9H,6,8H2,1-4H3. The van der Waals surface area contributed by atoms with E-state index in [0.717, 1.165) is 5.56 Å². The van der Waals surface area contributed by atoms with E-state index in [9.17, 15) is 4.79 Å². The van der Waals surface area contributed by atoms with Crippen LogP contribution in [0.1, 0.15) is 12.0 Å². The van der Waals surface area contributed by atoms with Crippen molar-refractivity contribution in [2.75, 3.05) is 28.3 Å². The molecule has 0 aliphatic rings. The van der Waals surface area contributed by atoms with E-state index in [2.05, 4.69) is 0 Å². The molecule has 0 saturated heterocycles. The van der Waals surface area contributed by atoms with Crippen molar-refractivity contribution in [1.82, 2.24) is 4.90 Å². The van der Waals surface area contributed by atoms with E-state index < -0.39 is 0 Å². The van der Waals surface area contributed by atoms with Crippen LogP contribution in [0.4, 0.5) is 0 Å². The summed E-state index contributed by atoms with van der Waals surface area (Å²) in [6, 6.07) is 5.71. The minimum Gasteiger partial charge on any atom is -0.493 e. The summed E-state index contributed by atoms with van der Waals surface area (Å²) in [6.07, 6.45) is 1.21. The molecular formula is C13H19NO3. The molecule has 4 nitrogen and oxygen atoms in total. The van der Waals surface area contributed by atoms with Gasteiger partial charge in [-0.2, -0.15) is 0 Å². The van der Waals surface area contributed by atoms with Crippen LogP contribution >= 0.6 is 0 Å². The zero-order valence-corrected chi connectivity index (χ0v) is 10.8. The zero-order valence-electron chi connectivity index (χ0n) is 10.8. The first-order valence-corrected chi connectivity index (χ1v) is 5.49. The molecule has 1 amide bonds. The zero-order chi connectivity index (χ0) is 12.8. The summed E-state index contributed by atoms with van der Waals surface area (Å²) in [6.45, 7) is 0. The van der Waals surface area contributed by atoms with Crippen molar-refractivity contribution in [3.05, 3.63) is 23.8 Å². The Morgan fingerprint density at radius 1 is 1.18 bits per heavy atom. The molecule has 0 bridgehead atoms.